The van der Waals surface area contributed by atoms with Crippen LogP contribution in [0.5, 0.6) is 0 Å². The molecule has 0 amide bonds. The molecule has 0 radical (unpaired) electrons. The zero-order valence-electron chi connectivity index (χ0n) is 26.0. The maximum atomic E-state index is 14.3. The van der Waals surface area contributed by atoms with E-state index in [1.807, 2.05) is 0 Å². The van der Waals surface area contributed by atoms with Crippen molar-refractivity contribution in [3.63, 3.8) is 0 Å². The summed E-state index contributed by atoms with van der Waals surface area (Å²) in [6.07, 6.45) is -2.25. The lowest BCUT2D eigenvalue weighted by atomic mass is 9.13. The molecule has 0 unspecified atom stereocenters. The minimum absolute atomic E-state index is 0.488. The van der Waals surface area contributed by atoms with Crippen LogP contribution >= 0.6 is 7.92 Å². The molecule has 0 aliphatic rings. The van der Waals surface area contributed by atoms with E-state index >= 15 is 0 Å². The minimum Gasteiger partial charge on any atom is -0.207 e. The highest BCUT2D eigenvalue weighted by Crippen LogP contribution is 2.32. The largest absolute Gasteiger partial charge is 0.207 e. The summed E-state index contributed by atoms with van der Waals surface area (Å²) in [7, 11) is -0.877. The average Bonchev–Trinajstić information content (AvgIpc) is 3.11. The average molecular weight is 654 g/mol. The predicted molar refractivity (Wildman–Crippen MR) is 196 cm³/mol. The van der Waals surface area contributed by atoms with E-state index in [0.717, 1.165) is 0 Å². The second-order valence-corrected chi connectivity index (χ2v) is 14.0. The molecule has 0 bridgehead atoms. The van der Waals surface area contributed by atoms with Gasteiger partial charge in [-0.2, -0.15) is 21.9 Å². The fraction of sp³-hybridized carbons (Fsp3) is 0. The van der Waals surface area contributed by atoms with Crippen molar-refractivity contribution in [2.75, 3.05) is 0 Å². The Labute approximate surface area is 280 Å². The van der Waals surface area contributed by atoms with Gasteiger partial charge in [-0.3, -0.25) is 0 Å². The first-order valence-electron chi connectivity index (χ1n) is 15.7. The molecule has 0 nitrogen and oxygen atoms in total. The highest BCUT2D eigenvalue weighted by Gasteiger charge is 2.33. The lowest BCUT2D eigenvalue weighted by Crippen LogP contribution is -2.75. The highest BCUT2D eigenvalue weighted by atomic mass is 31.1. The Kier molecular flexibility index (Phi) is 10.3. The summed E-state index contributed by atoms with van der Waals surface area (Å²) >= 11 is 0. The van der Waals surface area contributed by atoms with Crippen LogP contribution in [-0.2, 0) is 0 Å². The summed E-state index contributed by atoms with van der Waals surface area (Å²) in [4.78, 5) is 0. The number of benzene rings is 7. The van der Waals surface area contributed by atoms with Crippen LogP contribution < -0.4 is 37.8 Å². The molecule has 0 heterocycles. The van der Waals surface area contributed by atoms with E-state index in [-0.39, 0.29) is 0 Å². The third kappa shape index (κ3) is 7.17. The van der Waals surface area contributed by atoms with Gasteiger partial charge in [0.2, 0.25) is 0 Å². The zero-order valence-corrected chi connectivity index (χ0v) is 27.0. The molecule has 0 aliphatic heterocycles. The maximum absolute atomic E-state index is 14.3. The topological polar surface area (TPSA) is 0 Å². The van der Waals surface area contributed by atoms with E-state index in [2.05, 4.69) is 91.0 Å². The summed E-state index contributed by atoms with van der Waals surface area (Å²) in [5.74, 6) is -1.95. The van der Waals surface area contributed by atoms with Gasteiger partial charge in [-0.15, -0.1) is 0 Å². The molecular formula is C42H32BF4P. The quantitative estimate of drug-likeness (QED) is 0.101. The Morgan fingerprint density at radius 2 is 0.542 bits per heavy atom. The molecule has 0 saturated heterocycles. The van der Waals surface area contributed by atoms with Gasteiger partial charge in [0.05, 0.1) is 7.92 Å². The van der Waals surface area contributed by atoms with Crippen molar-refractivity contribution in [1.82, 2.24) is 0 Å². The van der Waals surface area contributed by atoms with Crippen LogP contribution in [0.3, 0.4) is 0 Å². The molecule has 0 atom stereocenters. The first kappa shape index (κ1) is 32.7. The fourth-order valence-corrected chi connectivity index (χ4v) is 9.15. The molecule has 7 aromatic carbocycles. The summed E-state index contributed by atoms with van der Waals surface area (Å²) in [6.45, 7) is 0. The molecule has 0 N–H and O–H groups in total. The second kappa shape index (κ2) is 15.1. The molecule has 0 spiro atoms. The second-order valence-electron chi connectivity index (χ2n) is 11.6. The van der Waals surface area contributed by atoms with Gasteiger partial charge in [0.25, 0.3) is 0 Å². The van der Waals surface area contributed by atoms with Gasteiger partial charge in [-0.05, 0) is 60.7 Å². The summed E-state index contributed by atoms with van der Waals surface area (Å²) in [6, 6.07) is 56.0. The van der Waals surface area contributed by atoms with Gasteiger partial charge < -0.3 is 0 Å². The van der Waals surface area contributed by atoms with E-state index in [1.54, 1.807) is 48.5 Å². The van der Waals surface area contributed by atoms with Crippen LogP contribution in [0, 0.1) is 23.3 Å². The van der Waals surface area contributed by atoms with Crippen molar-refractivity contribution in [3.05, 3.63) is 211 Å². The first-order chi connectivity index (χ1) is 23.4. The lowest BCUT2D eigenvalue weighted by molar-refractivity contribution is 0.629. The Balaban J connectivity index is 0.000000182. The number of rotatable bonds is 7. The van der Waals surface area contributed by atoms with Crippen molar-refractivity contribution in [1.29, 1.82) is 0 Å². The molecule has 6 heteroatoms. The van der Waals surface area contributed by atoms with Crippen LogP contribution in [0.1, 0.15) is 0 Å². The van der Waals surface area contributed by atoms with Crippen LogP contribution in [0.25, 0.3) is 0 Å². The smallest absolute Gasteiger partial charge is 0.120 e. The standard InChI is InChI=1S/C24H16BF4.C18H15P/c26-21-9-1-5-17(13-21)25(18-6-2-10-22(27)14-18,19-7-3-11-23(28)15-19)20-8-4-12-24(29)16-20;1-4-10-16(11-5-1)19(17-12-6-2-7-13-17)18-14-8-3-9-15-18/h1-16H;1-15H/q-1;/p+1. The molecule has 7 rings (SSSR count). The number of hydrogen-bond acceptors (Lipinski definition) is 0. The van der Waals surface area contributed by atoms with Gasteiger partial charge in [-0.1, -0.05) is 127 Å². The van der Waals surface area contributed by atoms with Crippen LogP contribution in [0.2, 0.25) is 0 Å². The Hall–Kier alpha value is -5.25. The molecule has 236 valence electrons. The summed E-state index contributed by atoms with van der Waals surface area (Å²) in [5.41, 5.74) is 1.97. The molecule has 0 saturated carbocycles. The Bertz CT molecular complexity index is 1810. The third-order valence-electron chi connectivity index (χ3n) is 8.58. The Morgan fingerprint density at radius 3 is 0.771 bits per heavy atom. The highest BCUT2D eigenvalue weighted by molar-refractivity contribution is 7.79. The van der Waals surface area contributed by atoms with Crippen LogP contribution in [-0.4, -0.2) is 6.15 Å². The van der Waals surface area contributed by atoms with E-state index in [9.17, 15) is 17.6 Å². The molecule has 0 fully saturated rings. The third-order valence-corrected chi connectivity index (χ3v) is 11.3. The first-order valence-corrected chi connectivity index (χ1v) is 17.2. The molecule has 0 aromatic heterocycles. The van der Waals surface area contributed by atoms with Gasteiger partial charge in [0.15, 0.2) is 0 Å². The Morgan fingerprint density at radius 1 is 0.292 bits per heavy atom. The number of halogens is 4. The van der Waals surface area contributed by atoms with Gasteiger partial charge in [-0.25, -0.2) is 17.6 Å². The van der Waals surface area contributed by atoms with E-state index in [4.69, 9.17) is 0 Å². The van der Waals surface area contributed by atoms with Crippen molar-refractivity contribution in [3.8, 4) is 0 Å². The monoisotopic (exact) mass is 654 g/mol. The van der Waals surface area contributed by atoms with Crippen LogP contribution in [0.15, 0.2) is 188 Å². The van der Waals surface area contributed by atoms with Gasteiger partial charge >= 0.3 is 0 Å². The molecule has 0 aliphatic carbocycles. The van der Waals surface area contributed by atoms with E-state index in [1.165, 1.54) is 64.4 Å². The normalized spacial score (nSPS) is 11.1. The van der Waals surface area contributed by atoms with Crippen molar-refractivity contribution < 1.29 is 17.6 Å². The fourth-order valence-electron chi connectivity index (χ4n) is 6.57. The lowest BCUT2D eigenvalue weighted by Gasteiger charge is -2.44. The molecule has 48 heavy (non-hydrogen) atoms. The van der Waals surface area contributed by atoms with Gasteiger partial charge in [0.1, 0.15) is 45.3 Å². The van der Waals surface area contributed by atoms with E-state index < -0.39 is 37.3 Å². The van der Waals surface area contributed by atoms with Crippen molar-refractivity contribution in [2.24, 2.45) is 0 Å². The molecular weight excluding hydrogens is 622 g/mol. The van der Waals surface area contributed by atoms with Crippen LogP contribution in [0.4, 0.5) is 17.6 Å². The van der Waals surface area contributed by atoms with Gasteiger partial charge in [0, 0.05) is 0 Å². The van der Waals surface area contributed by atoms with Crippen molar-refractivity contribution >= 4 is 51.8 Å². The minimum atomic E-state index is -2.25. The van der Waals surface area contributed by atoms with E-state index in [0.29, 0.717) is 21.9 Å². The summed E-state index contributed by atoms with van der Waals surface area (Å²) < 4.78 is 57.1. The zero-order chi connectivity index (χ0) is 33.3. The SMILES string of the molecule is Fc1cccc([B-](c2cccc(F)c2)(c2cccc(F)c2)c2cccc(F)c2)c1.c1ccc([PH+](c2ccccc2)c2ccccc2)cc1. The maximum Gasteiger partial charge on any atom is 0.120 e. The van der Waals surface area contributed by atoms with Crippen molar-refractivity contribution in [2.45, 2.75) is 0 Å². The molecule has 7 aromatic rings. The summed E-state index contributed by atoms with van der Waals surface area (Å²) in [5, 5.41) is 4.31. The predicted octanol–water partition coefficient (Wildman–Crippen LogP) is 6.80. The number of hydrogen-bond donors (Lipinski definition) is 0.